The Kier molecular flexibility index (Phi) is 3.71. The van der Waals surface area contributed by atoms with E-state index >= 15 is 0 Å². The minimum Gasteiger partial charge on any atom is -0.369 e. The molecule has 7 heteroatoms. The van der Waals surface area contributed by atoms with Gasteiger partial charge in [-0.15, -0.1) is 0 Å². The first-order valence-electron chi connectivity index (χ1n) is 8.66. The highest BCUT2D eigenvalue weighted by atomic mass is 15.4. The summed E-state index contributed by atoms with van der Waals surface area (Å²) >= 11 is 0. The standard InChI is InChI=1S/C18H23N7/c1-24-12-21-11-15(24)13-5-7-14(8-6-13)25-17(20)22-16(19)23-18(25)9-3-2-4-10-18/h5-8,11-12H,2-4,9-10H2,1H3,(H4,19,20,22,23). The Morgan fingerprint density at radius 3 is 2.40 bits per heavy atom. The fourth-order valence-electron chi connectivity index (χ4n) is 3.91. The van der Waals surface area contributed by atoms with Crippen molar-refractivity contribution < 1.29 is 0 Å². The van der Waals surface area contributed by atoms with Crippen molar-refractivity contribution in [2.75, 3.05) is 4.90 Å². The number of hydrogen-bond donors (Lipinski definition) is 2. The van der Waals surface area contributed by atoms with E-state index in [1.807, 2.05) is 17.8 Å². The van der Waals surface area contributed by atoms with Crippen molar-refractivity contribution in [2.24, 2.45) is 28.5 Å². The van der Waals surface area contributed by atoms with E-state index in [-0.39, 0.29) is 5.96 Å². The molecule has 1 aliphatic heterocycles. The van der Waals surface area contributed by atoms with Crippen LogP contribution in [0.2, 0.25) is 0 Å². The minimum absolute atomic E-state index is 0.280. The van der Waals surface area contributed by atoms with Gasteiger partial charge in [-0.3, -0.25) is 4.90 Å². The van der Waals surface area contributed by atoms with E-state index < -0.39 is 5.66 Å². The Morgan fingerprint density at radius 2 is 1.76 bits per heavy atom. The normalized spacial score (nSPS) is 19.6. The first-order valence-corrected chi connectivity index (χ1v) is 8.66. The predicted octanol–water partition coefficient (Wildman–Crippen LogP) is 2.20. The highest BCUT2D eigenvalue weighted by Crippen LogP contribution is 2.39. The summed E-state index contributed by atoms with van der Waals surface area (Å²) in [6.45, 7) is 0. The maximum absolute atomic E-state index is 6.26. The Morgan fingerprint density at radius 1 is 1.04 bits per heavy atom. The molecule has 1 saturated carbocycles. The summed E-state index contributed by atoms with van der Waals surface area (Å²) in [6.07, 6.45) is 9.00. The molecule has 2 aromatic rings. The summed E-state index contributed by atoms with van der Waals surface area (Å²) in [5.41, 5.74) is 15.0. The average Bonchev–Trinajstić information content (AvgIpc) is 3.01. The lowest BCUT2D eigenvalue weighted by Crippen LogP contribution is -2.58. The highest BCUT2D eigenvalue weighted by molar-refractivity contribution is 6.05. The molecule has 25 heavy (non-hydrogen) atoms. The molecule has 0 amide bonds. The molecule has 1 aromatic heterocycles. The number of benzene rings is 1. The molecule has 1 aromatic carbocycles. The molecule has 2 aliphatic rings. The van der Waals surface area contributed by atoms with Crippen LogP contribution < -0.4 is 16.4 Å². The highest BCUT2D eigenvalue weighted by Gasteiger charge is 2.42. The minimum atomic E-state index is -0.401. The van der Waals surface area contributed by atoms with E-state index in [4.69, 9.17) is 16.5 Å². The number of anilines is 1. The zero-order chi connectivity index (χ0) is 17.4. The lowest BCUT2D eigenvalue weighted by molar-refractivity contribution is 0.305. The number of aliphatic imine (C=N–C) groups is 2. The summed E-state index contributed by atoms with van der Waals surface area (Å²) < 4.78 is 2.00. The molecule has 4 N–H and O–H groups in total. The molecular weight excluding hydrogens is 314 g/mol. The zero-order valence-corrected chi connectivity index (χ0v) is 14.4. The molecule has 1 fully saturated rings. The molecule has 7 nitrogen and oxygen atoms in total. The van der Waals surface area contributed by atoms with Crippen LogP contribution in [0, 0.1) is 0 Å². The summed E-state index contributed by atoms with van der Waals surface area (Å²) in [5, 5.41) is 0. The van der Waals surface area contributed by atoms with Crippen LogP contribution >= 0.6 is 0 Å². The number of nitrogens with two attached hydrogens (primary N) is 2. The van der Waals surface area contributed by atoms with Crippen LogP contribution in [0.5, 0.6) is 0 Å². The van der Waals surface area contributed by atoms with Crippen LogP contribution in [0.1, 0.15) is 32.1 Å². The SMILES string of the molecule is Cn1cncc1-c1ccc(N2C(N)=NC(N)=NC23CCCCC3)cc1. The average molecular weight is 337 g/mol. The zero-order valence-electron chi connectivity index (χ0n) is 14.4. The molecule has 4 rings (SSSR count). The molecular formula is C18H23N7. The molecule has 1 spiro atoms. The van der Waals surface area contributed by atoms with Gasteiger partial charge in [0.25, 0.3) is 0 Å². The van der Waals surface area contributed by atoms with Crippen molar-refractivity contribution >= 4 is 17.6 Å². The second-order valence-electron chi connectivity index (χ2n) is 6.76. The number of nitrogens with zero attached hydrogens (tertiary/aromatic N) is 5. The second-order valence-corrected chi connectivity index (χ2v) is 6.76. The van der Waals surface area contributed by atoms with Gasteiger partial charge < -0.3 is 16.0 Å². The Bertz CT molecular complexity index is 825. The van der Waals surface area contributed by atoms with Crippen LogP contribution in [-0.4, -0.2) is 27.1 Å². The van der Waals surface area contributed by atoms with Gasteiger partial charge in [0.15, 0.2) is 0 Å². The number of aromatic nitrogens is 2. The molecule has 0 atom stereocenters. The smallest absolute Gasteiger partial charge is 0.220 e. The van der Waals surface area contributed by atoms with Gasteiger partial charge in [0.1, 0.15) is 5.66 Å². The van der Waals surface area contributed by atoms with Crippen molar-refractivity contribution in [1.29, 1.82) is 0 Å². The van der Waals surface area contributed by atoms with E-state index in [0.29, 0.717) is 5.96 Å². The van der Waals surface area contributed by atoms with Crippen LogP contribution in [0.15, 0.2) is 46.8 Å². The monoisotopic (exact) mass is 337 g/mol. The van der Waals surface area contributed by atoms with Crippen LogP contribution in [0.3, 0.4) is 0 Å². The van der Waals surface area contributed by atoms with Crippen LogP contribution in [0.25, 0.3) is 11.3 Å². The van der Waals surface area contributed by atoms with Crippen molar-refractivity contribution in [3.63, 3.8) is 0 Å². The van der Waals surface area contributed by atoms with Gasteiger partial charge in [-0.05, 0) is 43.4 Å². The van der Waals surface area contributed by atoms with Gasteiger partial charge in [-0.2, -0.15) is 4.99 Å². The third-order valence-electron chi connectivity index (χ3n) is 5.09. The molecule has 0 saturated heterocycles. The summed E-state index contributed by atoms with van der Waals surface area (Å²) in [6, 6.07) is 8.30. The van der Waals surface area contributed by atoms with Crippen molar-refractivity contribution in [3.8, 4) is 11.3 Å². The van der Waals surface area contributed by atoms with E-state index in [0.717, 1.165) is 42.6 Å². The second kappa shape index (κ2) is 5.91. The van der Waals surface area contributed by atoms with E-state index in [2.05, 4.69) is 39.1 Å². The Labute approximate surface area is 147 Å². The number of imidazole rings is 1. The maximum atomic E-state index is 6.26. The van der Waals surface area contributed by atoms with Gasteiger partial charge in [-0.25, -0.2) is 9.98 Å². The number of rotatable bonds is 2. The molecule has 0 radical (unpaired) electrons. The first kappa shape index (κ1) is 15.7. The summed E-state index contributed by atoms with van der Waals surface area (Å²) in [7, 11) is 1.99. The predicted molar refractivity (Wildman–Crippen MR) is 100 cm³/mol. The molecule has 2 heterocycles. The third kappa shape index (κ3) is 2.65. The third-order valence-corrected chi connectivity index (χ3v) is 5.09. The lowest BCUT2D eigenvalue weighted by Gasteiger charge is -2.45. The van der Waals surface area contributed by atoms with Gasteiger partial charge in [0, 0.05) is 12.7 Å². The van der Waals surface area contributed by atoms with Gasteiger partial charge in [-0.1, -0.05) is 18.6 Å². The summed E-state index contributed by atoms with van der Waals surface area (Å²) in [5.74, 6) is 0.699. The quantitative estimate of drug-likeness (QED) is 0.877. The molecule has 130 valence electrons. The van der Waals surface area contributed by atoms with E-state index in [1.165, 1.54) is 6.42 Å². The molecule has 1 aliphatic carbocycles. The van der Waals surface area contributed by atoms with Crippen molar-refractivity contribution in [2.45, 2.75) is 37.8 Å². The van der Waals surface area contributed by atoms with Gasteiger partial charge in [0.2, 0.25) is 11.9 Å². The maximum Gasteiger partial charge on any atom is 0.220 e. The fourth-order valence-corrected chi connectivity index (χ4v) is 3.91. The number of guanidine groups is 2. The van der Waals surface area contributed by atoms with Crippen LogP contribution in [0.4, 0.5) is 5.69 Å². The van der Waals surface area contributed by atoms with E-state index in [9.17, 15) is 0 Å². The topological polar surface area (TPSA) is 97.8 Å². The van der Waals surface area contributed by atoms with Gasteiger partial charge >= 0.3 is 0 Å². The van der Waals surface area contributed by atoms with Gasteiger partial charge in [0.05, 0.1) is 18.2 Å². The Hall–Kier alpha value is -2.83. The largest absolute Gasteiger partial charge is 0.369 e. The summed E-state index contributed by atoms with van der Waals surface area (Å²) in [4.78, 5) is 15.1. The molecule has 0 unspecified atom stereocenters. The number of aryl methyl sites for hydroxylation is 1. The van der Waals surface area contributed by atoms with E-state index in [1.54, 1.807) is 6.33 Å². The van der Waals surface area contributed by atoms with Crippen molar-refractivity contribution in [1.82, 2.24) is 9.55 Å². The fraction of sp³-hybridized carbons (Fsp3) is 0.389. The Balaban J connectivity index is 1.72. The number of hydrogen-bond acceptors (Lipinski definition) is 6. The lowest BCUT2D eigenvalue weighted by atomic mass is 9.87. The van der Waals surface area contributed by atoms with Crippen molar-refractivity contribution in [3.05, 3.63) is 36.8 Å². The molecule has 0 bridgehead atoms. The first-order chi connectivity index (χ1) is 12.1. The van der Waals surface area contributed by atoms with Crippen LogP contribution in [-0.2, 0) is 7.05 Å².